The smallest absolute Gasteiger partial charge is 0.276 e. The first-order valence-corrected chi connectivity index (χ1v) is 11.8. The number of carbonyl (C=O) groups excluding carboxylic acids is 1. The molecule has 0 saturated carbocycles. The van der Waals surface area contributed by atoms with E-state index in [1.165, 1.54) is 28.0 Å². The van der Waals surface area contributed by atoms with Gasteiger partial charge in [-0.25, -0.2) is 9.37 Å². The van der Waals surface area contributed by atoms with E-state index in [-0.39, 0.29) is 23.0 Å². The second-order valence-corrected chi connectivity index (χ2v) is 8.73. The Balaban J connectivity index is 1.63. The molecule has 1 amide bonds. The van der Waals surface area contributed by atoms with Crippen molar-refractivity contribution in [3.05, 3.63) is 75.6 Å². The Morgan fingerprint density at radius 3 is 2.84 bits per heavy atom. The molecule has 4 aromatic rings. The summed E-state index contributed by atoms with van der Waals surface area (Å²) in [7, 11) is 0. The molecule has 164 valence electrons. The number of aromatic nitrogens is 2. The first-order valence-electron chi connectivity index (χ1n) is 9.89. The normalized spacial score (nSPS) is 11.0. The predicted octanol–water partition coefficient (Wildman–Crippen LogP) is 5.02. The van der Waals surface area contributed by atoms with Gasteiger partial charge in [0.1, 0.15) is 16.3 Å². The number of amides is 1. The van der Waals surface area contributed by atoms with Crippen LogP contribution < -0.4 is 15.6 Å². The first kappa shape index (κ1) is 22.0. The largest absolute Gasteiger partial charge is 0.492 e. The number of hydrogen-bond donors (Lipinski definition) is 1. The highest BCUT2D eigenvalue weighted by Gasteiger charge is 2.17. The predicted molar refractivity (Wildman–Crippen MR) is 127 cm³/mol. The Morgan fingerprint density at radius 1 is 1.25 bits per heavy atom. The summed E-state index contributed by atoms with van der Waals surface area (Å²) in [6, 6.07) is 13.4. The van der Waals surface area contributed by atoms with E-state index in [1.54, 1.807) is 36.6 Å². The molecule has 0 saturated heterocycles. The van der Waals surface area contributed by atoms with Crippen molar-refractivity contribution in [1.82, 2.24) is 9.55 Å². The summed E-state index contributed by atoms with van der Waals surface area (Å²) < 4.78 is 21.3. The number of thioether (sulfide) groups is 1. The molecule has 6 nitrogen and oxygen atoms in total. The fourth-order valence-electron chi connectivity index (χ4n) is 3.15. The lowest BCUT2D eigenvalue weighted by molar-refractivity contribution is -0.113. The highest BCUT2D eigenvalue weighted by molar-refractivity contribution is 7.99. The average Bonchev–Trinajstić information content (AvgIpc) is 3.25. The van der Waals surface area contributed by atoms with Gasteiger partial charge in [-0.15, -0.1) is 11.3 Å². The van der Waals surface area contributed by atoms with E-state index in [0.717, 1.165) is 11.8 Å². The zero-order chi connectivity index (χ0) is 22.7. The van der Waals surface area contributed by atoms with Crippen LogP contribution in [0.25, 0.3) is 15.9 Å². The summed E-state index contributed by atoms with van der Waals surface area (Å²) in [6.45, 7) is 3.99. The van der Waals surface area contributed by atoms with Crippen molar-refractivity contribution in [3.8, 4) is 11.4 Å². The van der Waals surface area contributed by atoms with Crippen molar-refractivity contribution in [2.75, 3.05) is 17.7 Å². The molecule has 32 heavy (non-hydrogen) atoms. The van der Waals surface area contributed by atoms with Crippen molar-refractivity contribution in [1.29, 1.82) is 0 Å². The van der Waals surface area contributed by atoms with Gasteiger partial charge in [-0.2, -0.15) is 0 Å². The molecule has 0 radical (unpaired) electrons. The maximum absolute atomic E-state index is 13.8. The molecule has 1 N–H and O–H groups in total. The Labute approximate surface area is 192 Å². The number of thiophene rings is 1. The van der Waals surface area contributed by atoms with E-state index < -0.39 is 0 Å². The van der Waals surface area contributed by atoms with Crippen LogP contribution >= 0.6 is 23.1 Å². The summed E-state index contributed by atoms with van der Waals surface area (Å²) in [5, 5.41) is 5.00. The fraction of sp³-hybridized carbons (Fsp3) is 0.174. The average molecular weight is 470 g/mol. The summed E-state index contributed by atoms with van der Waals surface area (Å²) in [5.41, 5.74) is 1.82. The molecule has 0 aliphatic carbocycles. The van der Waals surface area contributed by atoms with Gasteiger partial charge >= 0.3 is 0 Å². The van der Waals surface area contributed by atoms with E-state index in [9.17, 15) is 14.0 Å². The molecule has 0 bridgehead atoms. The number of benzene rings is 2. The third-order valence-electron chi connectivity index (χ3n) is 4.64. The van der Waals surface area contributed by atoms with Gasteiger partial charge in [-0.3, -0.25) is 14.2 Å². The fourth-order valence-corrected chi connectivity index (χ4v) is 4.72. The molecule has 2 heterocycles. The van der Waals surface area contributed by atoms with Crippen LogP contribution in [0.4, 0.5) is 10.1 Å². The van der Waals surface area contributed by atoms with Crippen molar-refractivity contribution < 1.29 is 13.9 Å². The number of anilines is 1. The zero-order valence-electron chi connectivity index (χ0n) is 17.4. The molecule has 2 aromatic carbocycles. The number of ether oxygens (including phenoxy) is 1. The number of carbonyl (C=O) groups is 1. The summed E-state index contributed by atoms with van der Waals surface area (Å²) in [5.74, 6) is 0.00457. The standard InChI is InChI=1S/C23H20FN3O3S2/c1-3-30-19-7-5-4-6-17(19)25-20(28)13-32-23-26-18-10-11-31-21(18)22(29)27(23)15-8-9-16(24)14(2)12-15/h4-12H,3,13H2,1-2H3,(H,25,28). The van der Waals surface area contributed by atoms with E-state index in [4.69, 9.17) is 4.74 Å². The second kappa shape index (κ2) is 9.54. The molecule has 4 rings (SSSR count). The minimum absolute atomic E-state index is 0.0305. The van der Waals surface area contributed by atoms with Gasteiger partial charge < -0.3 is 10.1 Å². The number of halogens is 1. The van der Waals surface area contributed by atoms with Crippen molar-refractivity contribution in [3.63, 3.8) is 0 Å². The van der Waals surface area contributed by atoms with Gasteiger partial charge in [0.25, 0.3) is 5.56 Å². The van der Waals surface area contributed by atoms with Crippen LogP contribution in [0.1, 0.15) is 12.5 Å². The maximum atomic E-state index is 13.8. The van der Waals surface area contributed by atoms with Gasteiger partial charge in [0.15, 0.2) is 5.16 Å². The summed E-state index contributed by atoms with van der Waals surface area (Å²) in [6.07, 6.45) is 0. The van der Waals surface area contributed by atoms with Crippen molar-refractivity contribution in [2.24, 2.45) is 0 Å². The number of nitrogens with one attached hydrogen (secondary N) is 1. The number of fused-ring (bicyclic) bond motifs is 1. The number of hydrogen-bond acceptors (Lipinski definition) is 6. The van der Waals surface area contributed by atoms with E-state index in [0.29, 0.717) is 44.7 Å². The SMILES string of the molecule is CCOc1ccccc1NC(=O)CSc1nc2ccsc2c(=O)n1-c1ccc(F)c(C)c1. The Morgan fingerprint density at radius 2 is 2.06 bits per heavy atom. The van der Waals surface area contributed by atoms with Crippen molar-refractivity contribution in [2.45, 2.75) is 19.0 Å². The number of aryl methyl sites for hydroxylation is 1. The van der Waals surface area contributed by atoms with Gasteiger partial charge in [0.05, 0.1) is 29.3 Å². The molecule has 0 fully saturated rings. The molecule has 0 spiro atoms. The third-order valence-corrected chi connectivity index (χ3v) is 6.47. The van der Waals surface area contributed by atoms with E-state index in [1.807, 2.05) is 19.1 Å². The van der Waals surface area contributed by atoms with Crippen molar-refractivity contribution >= 4 is 44.9 Å². The van der Waals surface area contributed by atoms with E-state index in [2.05, 4.69) is 10.3 Å². The molecule has 2 aromatic heterocycles. The lowest BCUT2D eigenvalue weighted by atomic mass is 10.2. The van der Waals surface area contributed by atoms with E-state index >= 15 is 0 Å². The summed E-state index contributed by atoms with van der Waals surface area (Å²) in [4.78, 5) is 30.4. The molecule has 0 unspecified atom stereocenters. The lowest BCUT2D eigenvalue weighted by Crippen LogP contribution is -2.22. The van der Waals surface area contributed by atoms with Crippen LogP contribution in [0.3, 0.4) is 0 Å². The maximum Gasteiger partial charge on any atom is 0.276 e. The minimum atomic E-state index is -0.353. The number of para-hydroxylation sites is 2. The van der Waals surface area contributed by atoms with Gasteiger partial charge in [0.2, 0.25) is 5.91 Å². The van der Waals surface area contributed by atoms with Gasteiger partial charge in [0, 0.05) is 0 Å². The van der Waals surface area contributed by atoms with Gasteiger partial charge in [-0.1, -0.05) is 23.9 Å². The monoisotopic (exact) mass is 469 g/mol. The minimum Gasteiger partial charge on any atom is -0.492 e. The molecular weight excluding hydrogens is 449 g/mol. The van der Waals surface area contributed by atoms with Crippen LogP contribution in [0.2, 0.25) is 0 Å². The molecule has 9 heteroatoms. The van der Waals surface area contributed by atoms with Crippen LogP contribution in [-0.4, -0.2) is 27.8 Å². The highest BCUT2D eigenvalue weighted by atomic mass is 32.2. The number of nitrogens with zero attached hydrogens (tertiary/aromatic N) is 2. The Hall–Kier alpha value is -3.17. The zero-order valence-corrected chi connectivity index (χ0v) is 19.1. The van der Waals surface area contributed by atoms with Crippen LogP contribution in [0, 0.1) is 12.7 Å². The summed E-state index contributed by atoms with van der Waals surface area (Å²) >= 11 is 2.44. The number of rotatable bonds is 7. The molecule has 0 aliphatic heterocycles. The molecule has 0 atom stereocenters. The second-order valence-electron chi connectivity index (χ2n) is 6.87. The lowest BCUT2D eigenvalue weighted by Gasteiger charge is -2.14. The quantitative estimate of drug-likeness (QED) is 0.304. The third kappa shape index (κ3) is 4.53. The molecular formula is C23H20FN3O3S2. The van der Waals surface area contributed by atoms with Crippen LogP contribution in [0.5, 0.6) is 5.75 Å². The molecule has 0 aliphatic rings. The Kier molecular flexibility index (Phi) is 6.57. The van der Waals surface area contributed by atoms with Crippen LogP contribution in [-0.2, 0) is 4.79 Å². The van der Waals surface area contributed by atoms with Crippen LogP contribution in [0.15, 0.2) is 63.9 Å². The highest BCUT2D eigenvalue weighted by Crippen LogP contribution is 2.26. The first-order chi connectivity index (χ1) is 15.5. The Bertz CT molecular complexity index is 1350. The van der Waals surface area contributed by atoms with Gasteiger partial charge in [-0.05, 0) is 61.2 Å². The topological polar surface area (TPSA) is 73.2 Å².